The van der Waals surface area contributed by atoms with Crippen LogP contribution in [-0.4, -0.2) is 88.0 Å². The third kappa shape index (κ3) is 2.99. The smallest absolute Gasteiger partial charge is 0.247 e. The van der Waals surface area contributed by atoms with E-state index in [0.717, 1.165) is 0 Å². The Labute approximate surface area is 139 Å². The van der Waals surface area contributed by atoms with Crippen LogP contribution >= 0.6 is 0 Å². The molecule has 0 aromatic heterocycles. The molecule has 6 N–H and O–H groups in total. The Morgan fingerprint density at radius 2 is 1.92 bits per heavy atom. The van der Waals surface area contributed by atoms with E-state index in [9.17, 15) is 24.6 Å². The van der Waals surface area contributed by atoms with Crippen LogP contribution < -0.4 is 11.5 Å². The highest BCUT2D eigenvalue weighted by atomic mass is 16.3. The monoisotopic (exact) mass is 341 g/mol. The van der Waals surface area contributed by atoms with Crippen molar-refractivity contribution >= 4 is 24.1 Å². The molecule has 24 heavy (non-hydrogen) atoms. The number of aliphatic hydroxyl groups is 2. The van der Waals surface area contributed by atoms with Gasteiger partial charge in [0, 0.05) is 13.1 Å². The third-order valence-corrected chi connectivity index (χ3v) is 4.45. The first-order valence-corrected chi connectivity index (χ1v) is 7.63. The number of carbonyl (C=O) groups excluding carboxylic acids is 3. The first kappa shape index (κ1) is 18.3. The van der Waals surface area contributed by atoms with E-state index >= 15 is 0 Å². The van der Waals surface area contributed by atoms with Crippen LogP contribution in [0.25, 0.3) is 0 Å². The summed E-state index contributed by atoms with van der Waals surface area (Å²) in [5.41, 5.74) is 9.93. The van der Waals surface area contributed by atoms with Crippen LogP contribution in [-0.2, 0) is 14.4 Å². The lowest BCUT2D eigenvalue weighted by Gasteiger charge is -2.53. The minimum absolute atomic E-state index is 0.0520. The Morgan fingerprint density at radius 1 is 1.29 bits per heavy atom. The summed E-state index contributed by atoms with van der Waals surface area (Å²) in [6.45, 7) is 3.15. The third-order valence-electron chi connectivity index (χ3n) is 4.45. The van der Waals surface area contributed by atoms with Gasteiger partial charge in [-0.2, -0.15) is 0 Å². The van der Waals surface area contributed by atoms with Gasteiger partial charge in [0.15, 0.2) is 0 Å². The normalized spacial score (nSPS) is 28.3. The van der Waals surface area contributed by atoms with Gasteiger partial charge in [-0.25, -0.2) is 0 Å². The van der Waals surface area contributed by atoms with E-state index < -0.39 is 47.4 Å². The summed E-state index contributed by atoms with van der Waals surface area (Å²) in [6.07, 6.45) is -0.837. The van der Waals surface area contributed by atoms with Crippen molar-refractivity contribution in [1.82, 2.24) is 9.80 Å². The molecule has 1 spiro atoms. The summed E-state index contributed by atoms with van der Waals surface area (Å²) >= 11 is 0. The predicted molar refractivity (Wildman–Crippen MR) is 83.5 cm³/mol. The summed E-state index contributed by atoms with van der Waals surface area (Å²) in [6, 6.07) is -2.23. The molecule has 0 aromatic carbocycles. The number of primary amides is 1. The van der Waals surface area contributed by atoms with Crippen molar-refractivity contribution in [3.63, 3.8) is 0 Å². The van der Waals surface area contributed by atoms with Crippen molar-refractivity contribution in [3.05, 3.63) is 0 Å². The minimum atomic E-state index is -1.12. The van der Waals surface area contributed by atoms with Gasteiger partial charge in [-0.05, 0) is 13.8 Å². The van der Waals surface area contributed by atoms with Crippen LogP contribution in [0, 0.1) is 5.41 Å². The second-order valence-corrected chi connectivity index (χ2v) is 6.49. The zero-order valence-electron chi connectivity index (χ0n) is 13.6. The zero-order chi connectivity index (χ0) is 18.2. The van der Waals surface area contributed by atoms with E-state index in [1.54, 1.807) is 0 Å². The first-order valence-electron chi connectivity index (χ1n) is 7.63. The highest BCUT2D eigenvalue weighted by Crippen LogP contribution is 2.37. The van der Waals surface area contributed by atoms with Gasteiger partial charge in [0.25, 0.3) is 0 Å². The van der Waals surface area contributed by atoms with Gasteiger partial charge >= 0.3 is 0 Å². The molecule has 1 unspecified atom stereocenters. The zero-order valence-corrected chi connectivity index (χ0v) is 13.6. The molecule has 5 atom stereocenters. The molecule has 3 amide bonds. The maximum absolute atomic E-state index is 12.6. The van der Waals surface area contributed by atoms with E-state index in [2.05, 4.69) is 4.99 Å². The summed E-state index contributed by atoms with van der Waals surface area (Å²) in [7, 11) is 0. The number of hydrogen-bond donors (Lipinski definition) is 4. The van der Waals surface area contributed by atoms with Crippen LogP contribution in [0.1, 0.15) is 13.8 Å². The van der Waals surface area contributed by atoms with Crippen molar-refractivity contribution in [2.24, 2.45) is 21.9 Å². The number of carbonyl (C=O) groups is 3. The highest BCUT2D eigenvalue weighted by molar-refractivity contribution is 5.98. The summed E-state index contributed by atoms with van der Waals surface area (Å²) < 4.78 is 0. The summed E-state index contributed by atoms with van der Waals surface area (Å²) in [5.74, 6) is -1.73. The average Bonchev–Trinajstić information content (AvgIpc) is 2.52. The van der Waals surface area contributed by atoms with E-state index in [-0.39, 0.29) is 19.6 Å². The van der Waals surface area contributed by atoms with Crippen LogP contribution in [0.3, 0.4) is 0 Å². The van der Waals surface area contributed by atoms with Gasteiger partial charge in [0.2, 0.25) is 17.7 Å². The number of likely N-dealkylation sites (tertiary alicyclic amines) is 1. The fourth-order valence-electron chi connectivity index (χ4n) is 3.05. The van der Waals surface area contributed by atoms with Crippen molar-refractivity contribution in [2.75, 3.05) is 19.6 Å². The van der Waals surface area contributed by atoms with Crippen molar-refractivity contribution in [2.45, 2.75) is 38.1 Å². The van der Waals surface area contributed by atoms with E-state index in [1.165, 1.54) is 30.0 Å². The van der Waals surface area contributed by atoms with E-state index in [0.29, 0.717) is 0 Å². The van der Waals surface area contributed by atoms with Gasteiger partial charge in [-0.1, -0.05) is 0 Å². The Bertz CT molecular complexity index is 578. The maximum atomic E-state index is 12.6. The lowest BCUT2D eigenvalue weighted by atomic mass is 9.75. The van der Waals surface area contributed by atoms with Crippen LogP contribution in [0.5, 0.6) is 0 Å². The Morgan fingerprint density at radius 3 is 2.38 bits per heavy atom. The molecule has 2 rings (SSSR count). The topological polar surface area (TPSA) is 163 Å². The van der Waals surface area contributed by atoms with Gasteiger partial charge < -0.3 is 31.5 Å². The molecule has 2 aliphatic heterocycles. The van der Waals surface area contributed by atoms with Gasteiger partial charge in [-0.3, -0.25) is 19.4 Å². The largest absolute Gasteiger partial charge is 0.391 e. The number of amides is 3. The lowest BCUT2D eigenvalue weighted by Crippen LogP contribution is -2.73. The van der Waals surface area contributed by atoms with Crippen molar-refractivity contribution in [3.8, 4) is 0 Å². The Kier molecular flexibility index (Phi) is 4.92. The molecular weight excluding hydrogens is 318 g/mol. The summed E-state index contributed by atoms with van der Waals surface area (Å²) in [5, 5.41) is 19.1. The van der Waals surface area contributed by atoms with Crippen LogP contribution in [0.2, 0.25) is 0 Å². The predicted octanol–water partition coefficient (Wildman–Crippen LogP) is -3.37. The Hall–Kier alpha value is -2.04. The highest BCUT2D eigenvalue weighted by Gasteiger charge is 2.57. The first-order chi connectivity index (χ1) is 11.1. The maximum Gasteiger partial charge on any atom is 0.247 e. The molecule has 0 aromatic rings. The van der Waals surface area contributed by atoms with E-state index in [4.69, 9.17) is 11.5 Å². The number of aliphatic imine (C=N–C) groups is 1. The molecule has 134 valence electrons. The molecular formula is C14H23N5O5. The SMILES string of the molecule is C[C@@H](O)[C@H](N)C(=O)N1C=NCC2(C1)CN([C@H](C(N)=O)[C@@H](C)O)C2=O. The minimum Gasteiger partial charge on any atom is -0.391 e. The quantitative estimate of drug-likeness (QED) is 0.381. The Balaban J connectivity index is 2.12. The molecule has 0 aliphatic carbocycles. The van der Waals surface area contributed by atoms with Crippen molar-refractivity contribution in [1.29, 1.82) is 0 Å². The summed E-state index contributed by atoms with van der Waals surface area (Å²) in [4.78, 5) is 42.7. The number of nitrogens with two attached hydrogens (primary N) is 2. The molecule has 10 nitrogen and oxygen atoms in total. The van der Waals surface area contributed by atoms with Gasteiger partial charge in [-0.15, -0.1) is 0 Å². The number of hydrogen-bond acceptors (Lipinski definition) is 7. The average molecular weight is 341 g/mol. The fourth-order valence-corrected chi connectivity index (χ4v) is 3.05. The van der Waals surface area contributed by atoms with Gasteiger partial charge in [0.05, 0.1) is 25.1 Å². The second-order valence-electron chi connectivity index (χ2n) is 6.49. The molecule has 0 saturated carbocycles. The standard InChI is InChI=1S/C14H23N5O5/c1-7(20)9(15)12(23)18-4-14(3-17-6-18)5-19(13(14)24)10(8(2)21)11(16)22/h6-10,20-21H,3-5,15H2,1-2H3,(H2,16,22)/t7-,8-,9+,10+,14?/m1/s1. The van der Waals surface area contributed by atoms with Crippen LogP contribution in [0.15, 0.2) is 4.99 Å². The van der Waals surface area contributed by atoms with Crippen LogP contribution in [0.4, 0.5) is 0 Å². The van der Waals surface area contributed by atoms with Crippen molar-refractivity contribution < 1.29 is 24.6 Å². The molecule has 10 heteroatoms. The molecule has 0 radical (unpaired) electrons. The molecule has 1 saturated heterocycles. The lowest BCUT2D eigenvalue weighted by molar-refractivity contribution is -0.172. The van der Waals surface area contributed by atoms with E-state index in [1.807, 2.05) is 0 Å². The molecule has 2 aliphatic rings. The molecule has 2 heterocycles. The number of aliphatic hydroxyl groups excluding tert-OH is 2. The number of rotatable bonds is 5. The number of nitrogens with zero attached hydrogens (tertiary/aromatic N) is 3. The fraction of sp³-hybridized carbons (Fsp3) is 0.714. The molecule has 0 bridgehead atoms. The van der Waals surface area contributed by atoms with Gasteiger partial charge in [0.1, 0.15) is 17.5 Å². The molecule has 1 fully saturated rings. The number of β-lactam (4-membered cyclic amide) rings is 1. The second kappa shape index (κ2) is 6.46.